The summed E-state index contributed by atoms with van der Waals surface area (Å²) in [7, 11) is 0. The predicted molar refractivity (Wildman–Crippen MR) is 85.8 cm³/mol. The Morgan fingerprint density at radius 2 is 2.20 bits per heavy atom. The third-order valence-electron chi connectivity index (χ3n) is 3.04. The zero-order chi connectivity index (χ0) is 15.0. The average molecular weight is 343 g/mol. The van der Waals surface area contributed by atoms with E-state index in [0.717, 1.165) is 23.1 Å². The lowest BCUT2D eigenvalue weighted by molar-refractivity contribution is -0.116. The van der Waals surface area contributed by atoms with E-state index in [1.807, 2.05) is 38.1 Å². The highest BCUT2D eigenvalue weighted by Gasteiger charge is 2.09. The van der Waals surface area contributed by atoms with Crippen LogP contribution in [0.5, 0.6) is 0 Å². The zero-order valence-corrected chi connectivity index (χ0v) is 13.6. The van der Waals surface area contributed by atoms with Crippen molar-refractivity contribution in [2.75, 3.05) is 11.9 Å². The monoisotopic (exact) mass is 342 g/mol. The van der Waals surface area contributed by atoms with Crippen LogP contribution in [0.4, 0.5) is 5.69 Å². The summed E-state index contributed by atoms with van der Waals surface area (Å²) in [5.41, 5.74) is 0.790. The Hall–Kier alpha value is -0.910. The van der Waals surface area contributed by atoms with E-state index < -0.39 is 0 Å². The molecule has 2 unspecified atom stereocenters. The second kappa shape index (κ2) is 9.10. The van der Waals surface area contributed by atoms with Crippen LogP contribution in [0.3, 0.4) is 0 Å². The molecule has 0 radical (unpaired) electrons. The van der Waals surface area contributed by atoms with Crippen molar-refractivity contribution in [1.82, 2.24) is 5.32 Å². The number of carbonyl (C=O) groups is 1. The molecule has 20 heavy (non-hydrogen) atoms. The van der Waals surface area contributed by atoms with E-state index in [-0.39, 0.29) is 18.1 Å². The molecule has 0 aliphatic rings. The van der Waals surface area contributed by atoms with Crippen molar-refractivity contribution in [2.24, 2.45) is 0 Å². The van der Waals surface area contributed by atoms with Crippen LogP contribution in [0.15, 0.2) is 28.7 Å². The number of hydrogen-bond donors (Lipinski definition) is 3. The van der Waals surface area contributed by atoms with Crippen LogP contribution >= 0.6 is 15.9 Å². The van der Waals surface area contributed by atoms with E-state index >= 15 is 0 Å². The number of aliphatic hydroxyl groups is 1. The molecule has 0 aliphatic heterocycles. The highest BCUT2D eigenvalue weighted by atomic mass is 79.9. The van der Waals surface area contributed by atoms with Gasteiger partial charge in [-0.1, -0.05) is 28.9 Å². The molecule has 0 fully saturated rings. The first-order valence-electron chi connectivity index (χ1n) is 6.98. The van der Waals surface area contributed by atoms with Crippen molar-refractivity contribution in [3.05, 3.63) is 28.7 Å². The molecule has 0 heterocycles. The maximum absolute atomic E-state index is 11.9. The molecule has 1 rings (SSSR count). The Labute approximate surface area is 129 Å². The maximum atomic E-state index is 11.9. The third-order valence-corrected chi connectivity index (χ3v) is 3.53. The van der Waals surface area contributed by atoms with Crippen molar-refractivity contribution in [1.29, 1.82) is 0 Å². The Bertz CT molecular complexity index is 426. The standard InChI is InChI=1S/C15H23BrN2O2/c1-3-14(19)7-8-17-11(2)9-15(20)18-13-6-4-5-12(16)10-13/h4-6,10-11,14,17,19H,3,7-9H2,1-2H3,(H,18,20). The van der Waals surface area contributed by atoms with Gasteiger partial charge >= 0.3 is 0 Å². The lowest BCUT2D eigenvalue weighted by Crippen LogP contribution is -2.32. The number of hydrogen-bond acceptors (Lipinski definition) is 3. The van der Waals surface area contributed by atoms with Crippen molar-refractivity contribution < 1.29 is 9.90 Å². The van der Waals surface area contributed by atoms with Gasteiger partial charge in [-0.2, -0.15) is 0 Å². The molecular weight excluding hydrogens is 320 g/mol. The van der Waals surface area contributed by atoms with Gasteiger partial charge in [-0.3, -0.25) is 4.79 Å². The molecule has 0 saturated carbocycles. The molecule has 0 aliphatic carbocycles. The van der Waals surface area contributed by atoms with Gasteiger partial charge in [0.1, 0.15) is 0 Å². The SMILES string of the molecule is CCC(O)CCNC(C)CC(=O)Nc1cccc(Br)c1. The third kappa shape index (κ3) is 7.03. The maximum Gasteiger partial charge on any atom is 0.225 e. The van der Waals surface area contributed by atoms with Crippen LogP contribution in [0.1, 0.15) is 33.1 Å². The number of nitrogens with one attached hydrogen (secondary N) is 2. The quantitative estimate of drug-likeness (QED) is 0.680. The number of anilines is 1. The number of amides is 1. The van der Waals surface area contributed by atoms with Crippen LogP contribution in [-0.4, -0.2) is 29.7 Å². The van der Waals surface area contributed by atoms with Crippen LogP contribution in [-0.2, 0) is 4.79 Å². The Balaban J connectivity index is 2.27. The number of aliphatic hydroxyl groups excluding tert-OH is 1. The highest BCUT2D eigenvalue weighted by Crippen LogP contribution is 2.15. The van der Waals surface area contributed by atoms with E-state index in [4.69, 9.17) is 0 Å². The Kier molecular flexibility index (Phi) is 7.80. The molecule has 1 aromatic carbocycles. The Morgan fingerprint density at radius 1 is 1.45 bits per heavy atom. The number of halogens is 1. The molecule has 0 bridgehead atoms. The number of carbonyl (C=O) groups excluding carboxylic acids is 1. The van der Waals surface area contributed by atoms with Crippen molar-refractivity contribution in [3.63, 3.8) is 0 Å². The van der Waals surface area contributed by atoms with Crippen molar-refractivity contribution >= 4 is 27.5 Å². The molecule has 0 aromatic heterocycles. The van der Waals surface area contributed by atoms with Crippen LogP contribution < -0.4 is 10.6 Å². The minimum Gasteiger partial charge on any atom is -0.393 e. The minimum absolute atomic E-state index is 0.0147. The molecule has 112 valence electrons. The Morgan fingerprint density at radius 3 is 2.85 bits per heavy atom. The van der Waals surface area contributed by atoms with E-state index in [0.29, 0.717) is 12.8 Å². The lowest BCUT2D eigenvalue weighted by Gasteiger charge is -2.15. The average Bonchev–Trinajstić information content (AvgIpc) is 2.38. The van der Waals surface area contributed by atoms with Gasteiger partial charge in [0.05, 0.1) is 6.10 Å². The largest absolute Gasteiger partial charge is 0.393 e. The van der Waals surface area contributed by atoms with Gasteiger partial charge in [0.25, 0.3) is 0 Å². The predicted octanol–water partition coefficient (Wildman–Crippen LogP) is 2.92. The molecule has 2 atom stereocenters. The fourth-order valence-corrected chi connectivity index (χ4v) is 2.23. The first-order chi connectivity index (χ1) is 9.51. The summed E-state index contributed by atoms with van der Waals surface area (Å²) in [5.74, 6) is -0.0147. The summed E-state index contributed by atoms with van der Waals surface area (Å²) in [5, 5.41) is 15.6. The van der Waals surface area contributed by atoms with Gasteiger partial charge in [-0.15, -0.1) is 0 Å². The first-order valence-corrected chi connectivity index (χ1v) is 7.77. The summed E-state index contributed by atoms with van der Waals surface area (Å²) in [6.07, 6.45) is 1.63. The molecule has 0 saturated heterocycles. The fourth-order valence-electron chi connectivity index (χ4n) is 1.83. The smallest absolute Gasteiger partial charge is 0.225 e. The number of benzene rings is 1. The van der Waals surface area contributed by atoms with Crippen LogP contribution in [0.2, 0.25) is 0 Å². The molecular formula is C15H23BrN2O2. The van der Waals surface area contributed by atoms with Gasteiger partial charge in [0, 0.05) is 22.6 Å². The molecule has 0 spiro atoms. The molecule has 3 N–H and O–H groups in total. The number of rotatable bonds is 8. The normalized spacial score (nSPS) is 13.8. The molecule has 1 amide bonds. The summed E-state index contributed by atoms with van der Waals surface area (Å²) < 4.78 is 0.940. The summed E-state index contributed by atoms with van der Waals surface area (Å²) in [4.78, 5) is 11.9. The van der Waals surface area contributed by atoms with Gasteiger partial charge in [-0.05, 0) is 44.5 Å². The van der Waals surface area contributed by atoms with E-state index in [1.54, 1.807) is 0 Å². The van der Waals surface area contributed by atoms with Crippen LogP contribution in [0, 0.1) is 0 Å². The van der Waals surface area contributed by atoms with Gasteiger partial charge in [0.15, 0.2) is 0 Å². The molecule has 4 nitrogen and oxygen atoms in total. The van der Waals surface area contributed by atoms with Gasteiger partial charge < -0.3 is 15.7 Å². The zero-order valence-electron chi connectivity index (χ0n) is 12.0. The highest BCUT2D eigenvalue weighted by molar-refractivity contribution is 9.10. The van der Waals surface area contributed by atoms with E-state index in [2.05, 4.69) is 26.6 Å². The molecule has 5 heteroatoms. The first kappa shape index (κ1) is 17.1. The minimum atomic E-state index is -0.259. The molecule has 1 aromatic rings. The lowest BCUT2D eigenvalue weighted by atomic mass is 10.1. The van der Waals surface area contributed by atoms with Crippen molar-refractivity contribution in [2.45, 2.75) is 45.3 Å². The van der Waals surface area contributed by atoms with Gasteiger partial charge in [0.2, 0.25) is 5.91 Å². The van der Waals surface area contributed by atoms with Crippen LogP contribution in [0.25, 0.3) is 0 Å². The summed E-state index contributed by atoms with van der Waals surface area (Å²) in [6.45, 7) is 4.65. The van der Waals surface area contributed by atoms with Crippen molar-refractivity contribution in [3.8, 4) is 0 Å². The summed E-state index contributed by atoms with van der Waals surface area (Å²) >= 11 is 3.37. The second-order valence-corrected chi connectivity index (χ2v) is 5.88. The van der Waals surface area contributed by atoms with E-state index in [1.165, 1.54) is 0 Å². The van der Waals surface area contributed by atoms with Gasteiger partial charge in [-0.25, -0.2) is 0 Å². The fraction of sp³-hybridized carbons (Fsp3) is 0.533. The summed E-state index contributed by atoms with van der Waals surface area (Å²) in [6, 6.07) is 7.62. The second-order valence-electron chi connectivity index (χ2n) is 4.97. The van der Waals surface area contributed by atoms with E-state index in [9.17, 15) is 9.90 Å². The topological polar surface area (TPSA) is 61.4 Å².